The van der Waals surface area contributed by atoms with Gasteiger partial charge in [-0.3, -0.25) is 4.98 Å². The number of aromatic nitrogens is 1. The maximum absolute atomic E-state index is 11.9. The van der Waals surface area contributed by atoms with Gasteiger partial charge in [0.05, 0.1) is 5.88 Å². The first-order valence-electron chi connectivity index (χ1n) is 5.93. The van der Waals surface area contributed by atoms with Crippen molar-refractivity contribution in [2.45, 2.75) is 12.5 Å². The number of hydrogen-bond acceptors (Lipinski definition) is 4. The summed E-state index contributed by atoms with van der Waals surface area (Å²) in [5, 5.41) is 11.7. The normalized spacial score (nSPS) is 18.3. The Morgan fingerprint density at radius 1 is 1.53 bits per heavy atom. The molecule has 2 N–H and O–H groups in total. The third kappa shape index (κ3) is 3.60. The predicted molar refractivity (Wildman–Crippen MR) is 71.9 cm³/mol. The number of carbonyl (C=O) groups excluding carboxylic acids is 1. The van der Waals surface area contributed by atoms with Gasteiger partial charge in [0, 0.05) is 30.6 Å². The van der Waals surface area contributed by atoms with Gasteiger partial charge in [-0.05, 0) is 12.1 Å². The topological polar surface area (TPSA) is 82.5 Å². The molecule has 1 saturated heterocycles. The van der Waals surface area contributed by atoms with Gasteiger partial charge < -0.3 is 15.3 Å². The van der Waals surface area contributed by atoms with Crippen LogP contribution in [0.4, 0.5) is 4.79 Å². The molecule has 0 spiro atoms. The van der Waals surface area contributed by atoms with Crippen LogP contribution in [-0.4, -0.2) is 51.2 Å². The summed E-state index contributed by atoms with van der Waals surface area (Å²) < 4.78 is 0. The van der Waals surface area contributed by atoms with Crippen LogP contribution < -0.4 is 5.32 Å². The Kier molecular flexibility index (Phi) is 4.62. The molecular formula is C12H15N3O3S. The lowest BCUT2D eigenvalue weighted by molar-refractivity contribution is -0.140. The lowest BCUT2D eigenvalue weighted by Gasteiger charge is -2.20. The molecule has 1 unspecified atom stereocenters. The number of thioether (sulfide) groups is 1. The second-order valence-electron chi connectivity index (χ2n) is 4.13. The van der Waals surface area contributed by atoms with Gasteiger partial charge >= 0.3 is 12.0 Å². The summed E-state index contributed by atoms with van der Waals surface area (Å²) in [5.41, 5.74) is 0.897. The molecule has 1 fully saturated rings. The summed E-state index contributed by atoms with van der Waals surface area (Å²) in [5.74, 6) is -0.0834. The quantitative estimate of drug-likeness (QED) is 0.852. The van der Waals surface area contributed by atoms with E-state index in [1.807, 2.05) is 18.2 Å². The Morgan fingerprint density at radius 3 is 3.05 bits per heavy atom. The van der Waals surface area contributed by atoms with E-state index in [4.69, 9.17) is 5.11 Å². The Balaban J connectivity index is 1.80. The number of pyridine rings is 1. The standard InChI is InChI=1S/C12H15N3O3S/c16-11(17)10-7-19-8-15(10)12(18)14-6-4-9-3-1-2-5-13-9/h1-3,5,10H,4,6-8H2,(H,14,18)(H,16,17). The lowest BCUT2D eigenvalue weighted by Crippen LogP contribution is -2.47. The van der Waals surface area contributed by atoms with Gasteiger partial charge in [0.1, 0.15) is 6.04 Å². The van der Waals surface area contributed by atoms with Crippen molar-refractivity contribution in [3.63, 3.8) is 0 Å². The smallest absolute Gasteiger partial charge is 0.327 e. The number of carboxylic acids is 1. The molecular weight excluding hydrogens is 266 g/mol. The van der Waals surface area contributed by atoms with E-state index in [0.29, 0.717) is 24.6 Å². The van der Waals surface area contributed by atoms with Crippen molar-refractivity contribution in [3.05, 3.63) is 30.1 Å². The molecule has 1 aromatic heterocycles. The van der Waals surface area contributed by atoms with Crippen LogP contribution in [0.3, 0.4) is 0 Å². The number of nitrogens with zero attached hydrogens (tertiary/aromatic N) is 2. The second-order valence-corrected chi connectivity index (χ2v) is 5.13. The van der Waals surface area contributed by atoms with Crippen LogP contribution in [-0.2, 0) is 11.2 Å². The first-order chi connectivity index (χ1) is 9.18. The van der Waals surface area contributed by atoms with Crippen molar-refractivity contribution in [2.24, 2.45) is 0 Å². The summed E-state index contributed by atoms with van der Waals surface area (Å²) in [7, 11) is 0. The monoisotopic (exact) mass is 281 g/mol. The van der Waals surface area contributed by atoms with Gasteiger partial charge in [0.2, 0.25) is 0 Å². The molecule has 0 aromatic carbocycles. The highest BCUT2D eigenvalue weighted by Crippen LogP contribution is 2.20. The van der Waals surface area contributed by atoms with E-state index < -0.39 is 12.0 Å². The summed E-state index contributed by atoms with van der Waals surface area (Å²) in [4.78, 5) is 28.3. The van der Waals surface area contributed by atoms with E-state index in [9.17, 15) is 9.59 Å². The molecule has 7 heteroatoms. The summed E-state index contributed by atoms with van der Waals surface area (Å²) >= 11 is 1.45. The zero-order valence-corrected chi connectivity index (χ0v) is 11.1. The number of hydrogen-bond donors (Lipinski definition) is 2. The van der Waals surface area contributed by atoms with Crippen LogP contribution in [0, 0.1) is 0 Å². The fourth-order valence-corrected chi connectivity index (χ4v) is 2.94. The summed E-state index contributed by atoms with van der Waals surface area (Å²) in [6.45, 7) is 0.448. The van der Waals surface area contributed by atoms with E-state index in [-0.39, 0.29) is 6.03 Å². The fraction of sp³-hybridized carbons (Fsp3) is 0.417. The molecule has 0 saturated carbocycles. The molecule has 0 bridgehead atoms. The van der Waals surface area contributed by atoms with Crippen LogP contribution in [0.1, 0.15) is 5.69 Å². The van der Waals surface area contributed by atoms with Crippen molar-refractivity contribution in [3.8, 4) is 0 Å². The SMILES string of the molecule is O=C(O)C1CSCN1C(=O)NCCc1ccccn1. The van der Waals surface area contributed by atoms with Gasteiger partial charge in [0.15, 0.2) is 0 Å². The van der Waals surface area contributed by atoms with E-state index in [1.54, 1.807) is 6.20 Å². The van der Waals surface area contributed by atoms with Crippen molar-refractivity contribution in [1.82, 2.24) is 15.2 Å². The zero-order chi connectivity index (χ0) is 13.7. The molecule has 0 radical (unpaired) electrons. The highest BCUT2D eigenvalue weighted by Gasteiger charge is 2.34. The minimum Gasteiger partial charge on any atom is -0.480 e. The molecule has 1 aromatic rings. The number of carboxylic acid groups (broad SMARTS) is 1. The van der Waals surface area contributed by atoms with Gasteiger partial charge in [-0.15, -0.1) is 11.8 Å². The van der Waals surface area contributed by atoms with Crippen LogP contribution in [0.15, 0.2) is 24.4 Å². The number of nitrogens with one attached hydrogen (secondary N) is 1. The highest BCUT2D eigenvalue weighted by atomic mass is 32.2. The first kappa shape index (κ1) is 13.7. The summed E-state index contributed by atoms with van der Waals surface area (Å²) in [6, 6.07) is 4.56. The second kappa shape index (κ2) is 6.42. The largest absolute Gasteiger partial charge is 0.480 e. The number of urea groups is 1. The molecule has 1 atom stereocenters. The average Bonchev–Trinajstić information content (AvgIpc) is 2.89. The van der Waals surface area contributed by atoms with Gasteiger partial charge in [-0.2, -0.15) is 0 Å². The fourth-order valence-electron chi connectivity index (χ4n) is 1.79. The zero-order valence-electron chi connectivity index (χ0n) is 10.3. The molecule has 102 valence electrons. The maximum atomic E-state index is 11.9. The van der Waals surface area contributed by atoms with Gasteiger partial charge in [-0.1, -0.05) is 6.07 Å². The number of carbonyl (C=O) groups is 2. The molecule has 6 nitrogen and oxygen atoms in total. The van der Waals surface area contributed by atoms with Crippen molar-refractivity contribution in [2.75, 3.05) is 18.2 Å². The molecule has 19 heavy (non-hydrogen) atoms. The van der Waals surface area contributed by atoms with Crippen molar-refractivity contribution in [1.29, 1.82) is 0 Å². The Morgan fingerprint density at radius 2 is 2.37 bits per heavy atom. The van der Waals surface area contributed by atoms with E-state index in [1.165, 1.54) is 16.7 Å². The number of rotatable bonds is 4. The Hall–Kier alpha value is -1.76. The molecule has 0 aliphatic carbocycles. The van der Waals surface area contributed by atoms with E-state index >= 15 is 0 Å². The summed E-state index contributed by atoms with van der Waals surface area (Å²) in [6.07, 6.45) is 2.33. The predicted octanol–water partition coefficient (Wildman–Crippen LogP) is 0.793. The van der Waals surface area contributed by atoms with Crippen LogP contribution in [0.25, 0.3) is 0 Å². The molecule has 1 aliphatic heterocycles. The minimum atomic E-state index is -0.954. The molecule has 1 aliphatic rings. The third-order valence-corrected chi connectivity index (χ3v) is 3.82. The van der Waals surface area contributed by atoms with E-state index in [2.05, 4.69) is 10.3 Å². The minimum absolute atomic E-state index is 0.326. The van der Waals surface area contributed by atoms with Crippen molar-refractivity contribution >= 4 is 23.8 Å². The molecule has 2 rings (SSSR count). The lowest BCUT2D eigenvalue weighted by atomic mass is 10.3. The highest BCUT2D eigenvalue weighted by molar-refractivity contribution is 7.99. The third-order valence-electron chi connectivity index (χ3n) is 2.81. The molecule has 2 heterocycles. The van der Waals surface area contributed by atoms with Crippen LogP contribution in [0.2, 0.25) is 0 Å². The number of amides is 2. The van der Waals surface area contributed by atoms with Gasteiger partial charge in [0.25, 0.3) is 0 Å². The maximum Gasteiger partial charge on any atom is 0.327 e. The first-order valence-corrected chi connectivity index (χ1v) is 7.09. The number of aliphatic carboxylic acids is 1. The Labute approximate surface area is 115 Å². The molecule has 2 amide bonds. The van der Waals surface area contributed by atoms with E-state index in [0.717, 1.165) is 5.69 Å². The van der Waals surface area contributed by atoms with Crippen LogP contribution in [0.5, 0.6) is 0 Å². The Bertz CT molecular complexity index is 455. The van der Waals surface area contributed by atoms with Crippen LogP contribution >= 0.6 is 11.8 Å². The van der Waals surface area contributed by atoms with Gasteiger partial charge in [-0.25, -0.2) is 9.59 Å². The van der Waals surface area contributed by atoms with Crippen molar-refractivity contribution < 1.29 is 14.7 Å². The average molecular weight is 281 g/mol.